The van der Waals surface area contributed by atoms with Crippen LogP contribution in [-0.4, -0.2) is 41.9 Å². The van der Waals surface area contributed by atoms with Gasteiger partial charge < -0.3 is 14.8 Å². The predicted octanol–water partition coefficient (Wildman–Crippen LogP) is 1.53. The average Bonchev–Trinajstić information content (AvgIpc) is 3.18. The lowest BCUT2D eigenvalue weighted by Crippen LogP contribution is -2.28. The monoisotopic (exact) mass is 334 g/mol. The standard InChI is InChI=1S/C19H18N4O2/c1-12-9-15(18(25)17(12)24)23-11-22-16-14(20-10-21-19(16)23)8-7-13-5-3-2-4-6-13/h2-6,10-12,15,17-18,24-25H,9H2,1H3/t12-,15-,17-,18+/m1/s1. The Labute approximate surface area is 145 Å². The third-order valence-electron chi connectivity index (χ3n) is 4.76. The second kappa shape index (κ2) is 6.28. The van der Waals surface area contributed by atoms with Crippen LogP contribution < -0.4 is 0 Å². The first-order valence-electron chi connectivity index (χ1n) is 8.26. The fourth-order valence-corrected chi connectivity index (χ4v) is 3.34. The minimum Gasteiger partial charge on any atom is -0.390 e. The molecular formula is C19H18N4O2. The molecule has 0 radical (unpaired) electrons. The van der Waals surface area contributed by atoms with Crippen molar-refractivity contribution in [1.82, 2.24) is 19.5 Å². The number of rotatable bonds is 1. The van der Waals surface area contributed by atoms with Crippen LogP contribution in [-0.2, 0) is 0 Å². The number of aliphatic hydroxyl groups is 2. The summed E-state index contributed by atoms with van der Waals surface area (Å²) in [4.78, 5) is 13.0. The van der Waals surface area contributed by atoms with Gasteiger partial charge in [-0.1, -0.05) is 31.0 Å². The van der Waals surface area contributed by atoms with Gasteiger partial charge in [-0.15, -0.1) is 0 Å². The Bertz CT molecular complexity index is 958. The minimum absolute atomic E-state index is 0.0247. The summed E-state index contributed by atoms with van der Waals surface area (Å²) >= 11 is 0. The molecule has 0 saturated heterocycles. The van der Waals surface area contributed by atoms with E-state index in [1.165, 1.54) is 6.33 Å². The van der Waals surface area contributed by atoms with E-state index in [1.54, 1.807) is 6.33 Å². The fourth-order valence-electron chi connectivity index (χ4n) is 3.34. The van der Waals surface area contributed by atoms with Crippen LogP contribution in [0.5, 0.6) is 0 Å². The Morgan fingerprint density at radius 1 is 1.04 bits per heavy atom. The van der Waals surface area contributed by atoms with Crippen molar-refractivity contribution in [2.24, 2.45) is 5.92 Å². The molecule has 0 spiro atoms. The van der Waals surface area contributed by atoms with Crippen molar-refractivity contribution in [1.29, 1.82) is 0 Å². The van der Waals surface area contributed by atoms with Crippen molar-refractivity contribution in [3.8, 4) is 11.8 Å². The summed E-state index contributed by atoms with van der Waals surface area (Å²) < 4.78 is 1.82. The summed E-state index contributed by atoms with van der Waals surface area (Å²) in [6.07, 6.45) is 2.20. The zero-order valence-electron chi connectivity index (χ0n) is 13.7. The molecule has 4 rings (SSSR count). The molecule has 3 aromatic rings. The highest BCUT2D eigenvalue weighted by Crippen LogP contribution is 2.36. The highest BCUT2D eigenvalue weighted by molar-refractivity contribution is 5.76. The van der Waals surface area contributed by atoms with Crippen LogP contribution in [0.15, 0.2) is 43.0 Å². The lowest BCUT2D eigenvalue weighted by Gasteiger charge is -2.18. The van der Waals surface area contributed by atoms with Crippen LogP contribution in [0, 0.1) is 17.8 Å². The Hall–Kier alpha value is -2.75. The topological polar surface area (TPSA) is 84.1 Å². The zero-order valence-corrected chi connectivity index (χ0v) is 13.7. The molecule has 2 heterocycles. The quantitative estimate of drug-likeness (QED) is 0.659. The second-order valence-corrected chi connectivity index (χ2v) is 6.42. The highest BCUT2D eigenvalue weighted by atomic mass is 16.3. The normalized spacial score (nSPS) is 25.7. The SMILES string of the molecule is C[C@@H]1C[C@@H](n2cnc3c(C#Cc4ccccc4)ncnc32)[C@H](O)[C@@H]1O. The molecule has 2 N–H and O–H groups in total. The van der Waals surface area contributed by atoms with Gasteiger partial charge in [-0.2, -0.15) is 0 Å². The van der Waals surface area contributed by atoms with Gasteiger partial charge in [0.15, 0.2) is 5.65 Å². The third-order valence-corrected chi connectivity index (χ3v) is 4.76. The van der Waals surface area contributed by atoms with Crippen LogP contribution in [0.3, 0.4) is 0 Å². The number of aromatic nitrogens is 4. The summed E-state index contributed by atoms with van der Waals surface area (Å²) in [6, 6.07) is 9.42. The number of imidazole rings is 1. The molecule has 1 fully saturated rings. The number of nitrogens with zero attached hydrogens (tertiary/aromatic N) is 4. The maximum atomic E-state index is 10.3. The van der Waals surface area contributed by atoms with Gasteiger partial charge in [0.1, 0.15) is 23.6 Å². The molecule has 1 saturated carbocycles. The number of hydrogen-bond acceptors (Lipinski definition) is 5. The summed E-state index contributed by atoms with van der Waals surface area (Å²) in [5.41, 5.74) is 2.68. The summed E-state index contributed by atoms with van der Waals surface area (Å²) in [6.45, 7) is 1.93. The van der Waals surface area contributed by atoms with Crippen molar-refractivity contribution in [2.75, 3.05) is 0 Å². The molecule has 1 aromatic carbocycles. The van der Waals surface area contributed by atoms with E-state index < -0.39 is 12.2 Å². The van der Waals surface area contributed by atoms with Gasteiger partial charge >= 0.3 is 0 Å². The van der Waals surface area contributed by atoms with Crippen LogP contribution in [0.2, 0.25) is 0 Å². The van der Waals surface area contributed by atoms with E-state index >= 15 is 0 Å². The van der Waals surface area contributed by atoms with E-state index in [2.05, 4.69) is 26.8 Å². The van der Waals surface area contributed by atoms with Gasteiger partial charge in [-0.05, 0) is 30.4 Å². The molecule has 1 aliphatic rings. The van der Waals surface area contributed by atoms with Crippen molar-refractivity contribution in [3.05, 3.63) is 54.2 Å². The maximum Gasteiger partial charge on any atom is 0.164 e. The van der Waals surface area contributed by atoms with Gasteiger partial charge in [0.25, 0.3) is 0 Å². The smallest absolute Gasteiger partial charge is 0.164 e. The molecule has 1 aliphatic carbocycles. The van der Waals surface area contributed by atoms with Gasteiger partial charge in [0.05, 0.1) is 18.5 Å². The molecule has 25 heavy (non-hydrogen) atoms. The van der Waals surface area contributed by atoms with E-state index in [-0.39, 0.29) is 12.0 Å². The number of hydrogen-bond donors (Lipinski definition) is 2. The molecule has 2 aromatic heterocycles. The fraction of sp³-hybridized carbons (Fsp3) is 0.316. The molecular weight excluding hydrogens is 316 g/mol. The van der Waals surface area contributed by atoms with Crippen molar-refractivity contribution in [2.45, 2.75) is 31.6 Å². The Kier molecular flexibility index (Phi) is 3.96. The molecule has 0 aliphatic heterocycles. The Balaban J connectivity index is 1.73. The van der Waals surface area contributed by atoms with Crippen LogP contribution >= 0.6 is 0 Å². The van der Waals surface area contributed by atoms with Crippen molar-refractivity contribution >= 4 is 11.2 Å². The second-order valence-electron chi connectivity index (χ2n) is 6.42. The first-order chi connectivity index (χ1) is 12.1. The number of aliphatic hydroxyl groups excluding tert-OH is 2. The highest BCUT2D eigenvalue weighted by Gasteiger charge is 2.40. The summed E-state index contributed by atoms with van der Waals surface area (Å²) in [5, 5.41) is 20.3. The van der Waals surface area contributed by atoms with E-state index in [1.807, 2.05) is 41.8 Å². The number of fused-ring (bicyclic) bond motifs is 1. The molecule has 0 amide bonds. The number of benzene rings is 1. The van der Waals surface area contributed by atoms with E-state index in [4.69, 9.17) is 0 Å². The van der Waals surface area contributed by atoms with Gasteiger partial charge in [-0.25, -0.2) is 15.0 Å². The van der Waals surface area contributed by atoms with Crippen LogP contribution in [0.25, 0.3) is 11.2 Å². The molecule has 6 nitrogen and oxygen atoms in total. The van der Waals surface area contributed by atoms with E-state index in [0.717, 1.165) is 5.56 Å². The van der Waals surface area contributed by atoms with Gasteiger partial charge in [0.2, 0.25) is 0 Å². The van der Waals surface area contributed by atoms with Gasteiger partial charge in [-0.3, -0.25) is 0 Å². The van der Waals surface area contributed by atoms with E-state index in [0.29, 0.717) is 23.3 Å². The summed E-state index contributed by atoms with van der Waals surface area (Å²) in [7, 11) is 0. The lowest BCUT2D eigenvalue weighted by molar-refractivity contribution is 0.00964. The van der Waals surface area contributed by atoms with E-state index in [9.17, 15) is 10.2 Å². The largest absolute Gasteiger partial charge is 0.390 e. The van der Waals surface area contributed by atoms with Crippen molar-refractivity contribution in [3.63, 3.8) is 0 Å². The molecule has 6 heteroatoms. The third kappa shape index (κ3) is 2.78. The van der Waals surface area contributed by atoms with Crippen LogP contribution in [0.4, 0.5) is 0 Å². The predicted molar refractivity (Wildman–Crippen MR) is 92.6 cm³/mol. The molecule has 126 valence electrons. The molecule has 0 bridgehead atoms. The molecule has 4 atom stereocenters. The van der Waals surface area contributed by atoms with Gasteiger partial charge in [0, 0.05) is 5.56 Å². The Morgan fingerprint density at radius 2 is 1.84 bits per heavy atom. The lowest BCUT2D eigenvalue weighted by atomic mass is 10.1. The summed E-state index contributed by atoms with van der Waals surface area (Å²) in [5.74, 6) is 6.15. The Morgan fingerprint density at radius 3 is 2.56 bits per heavy atom. The minimum atomic E-state index is -0.832. The molecule has 0 unspecified atom stereocenters. The zero-order chi connectivity index (χ0) is 17.4. The average molecular weight is 334 g/mol. The first-order valence-corrected chi connectivity index (χ1v) is 8.26. The first kappa shape index (κ1) is 15.8. The maximum absolute atomic E-state index is 10.3. The van der Waals surface area contributed by atoms with Crippen molar-refractivity contribution < 1.29 is 10.2 Å². The van der Waals surface area contributed by atoms with Crippen LogP contribution in [0.1, 0.15) is 30.6 Å².